The Morgan fingerprint density at radius 1 is 0.770 bits per heavy atom. The number of ether oxygens (including phenoxy) is 2. The number of nitrogens with zero attached hydrogens (tertiary/aromatic N) is 5. The molecule has 0 saturated heterocycles. The van der Waals surface area contributed by atoms with Gasteiger partial charge in [0.15, 0.2) is 5.13 Å². The minimum atomic E-state index is -0.737. The molecule has 5 rings (SSSR count). The molecule has 322 valence electrons. The second kappa shape index (κ2) is 22.0. The van der Waals surface area contributed by atoms with E-state index >= 15 is 4.79 Å². The molecule has 12 nitrogen and oxygen atoms in total. The van der Waals surface area contributed by atoms with E-state index in [0.29, 0.717) is 46.0 Å². The Bertz CT molecular complexity index is 2220. The number of methoxy groups -OCH3 is 2. The summed E-state index contributed by atoms with van der Waals surface area (Å²) >= 11 is 1.40. The van der Waals surface area contributed by atoms with Crippen LogP contribution in [-0.2, 0) is 25.7 Å². The van der Waals surface area contributed by atoms with E-state index in [4.69, 9.17) is 14.5 Å². The first-order valence-corrected chi connectivity index (χ1v) is 21.8. The van der Waals surface area contributed by atoms with Gasteiger partial charge in [-0.05, 0) is 67.2 Å². The van der Waals surface area contributed by atoms with Crippen LogP contribution in [0.3, 0.4) is 0 Å². The van der Waals surface area contributed by atoms with E-state index in [0.717, 1.165) is 70.8 Å². The molecule has 5 amide bonds. The molecule has 1 aliphatic rings. The third-order valence-electron chi connectivity index (χ3n) is 10.5. The summed E-state index contributed by atoms with van der Waals surface area (Å²) in [7, 11) is 3.14. The molecule has 0 aliphatic carbocycles. The van der Waals surface area contributed by atoms with E-state index in [1.807, 2.05) is 55.5 Å². The largest absolute Gasteiger partial charge is 0.496 e. The highest BCUT2D eigenvalue weighted by atomic mass is 32.1. The fourth-order valence-corrected chi connectivity index (χ4v) is 8.29. The molecular formula is C48H57N5O7S. The van der Waals surface area contributed by atoms with Gasteiger partial charge in [0.1, 0.15) is 11.5 Å². The molecule has 0 radical (unpaired) electrons. The zero-order chi connectivity index (χ0) is 44.1. The molecule has 0 saturated carbocycles. The number of hydrogen-bond donors (Lipinski definition) is 0. The fourth-order valence-electron chi connectivity index (χ4n) is 7.22. The molecule has 13 heteroatoms. The van der Waals surface area contributed by atoms with Gasteiger partial charge in [-0.2, -0.15) is 5.01 Å². The van der Waals surface area contributed by atoms with Gasteiger partial charge in [0, 0.05) is 43.6 Å². The van der Waals surface area contributed by atoms with E-state index in [1.165, 1.54) is 25.2 Å². The van der Waals surface area contributed by atoms with E-state index in [2.05, 4.69) is 18.7 Å². The van der Waals surface area contributed by atoms with Crippen LogP contribution in [0.1, 0.15) is 100 Å². The number of imide groups is 2. The van der Waals surface area contributed by atoms with Gasteiger partial charge in [-0.15, -0.1) is 0 Å². The number of carbonyl (C=O) groups is 5. The normalized spacial score (nSPS) is 13.3. The van der Waals surface area contributed by atoms with Crippen molar-refractivity contribution < 1.29 is 33.4 Å². The molecule has 0 bridgehead atoms. The highest BCUT2D eigenvalue weighted by Crippen LogP contribution is 2.45. The number of thiazole rings is 1. The Labute approximate surface area is 363 Å². The van der Waals surface area contributed by atoms with E-state index in [1.54, 1.807) is 50.6 Å². The van der Waals surface area contributed by atoms with Gasteiger partial charge in [-0.3, -0.25) is 28.9 Å². The maximum atomic E-state index is 15.3. The number of carbonyl (C=O) groups excluding carboxylic acids is 5. The number of hydrazine groups is 1. The van der Waals surface area contributed by atoms with E-state index in [9.17, 15) is 19.2 Å². The van der Waals surface area contributed by atoms with Crippen LogP contribution >= 0.6 is 11.3 Å². The molecular weight excluding hydrogens is 791 g/mol. The van der Waals surface area contributed by atoms with Crippen molar-refractivity contribution in [1.82, 2.24) is 19.9 Å². The SMILES string of the molecule is CCCCC1=C(C(=O)N(Cc2ccccc2)C(C)=O)CN(N(C(C)=O)C(=O)c2ccccc2)C(=O)/C1=C\c1sc(N(CCCC)CCCC)nc1-c1c(OC)cccc1OC. The van der Waals surface area contributed by atoms with Crippen LogP contribution in [0, 0.1) is 0 Å². The van der Waals surface area contributed by atoms with Crippen molar-refractivity contribution in [3.05, 3.63) is 112 Å². The summed E-state index contributed by atoms with van der Waals surface area (Å²) in [6, 6.07) is 22.8. The smallest absolute Gasteiger partial charge is 0.279 e. The van der Waals surface area contributed by atoms with Crippen molar-refractivity contribution in [2.45, 2.75) is 86.1 Å². The van der Waals surface area contributed by atoms with Crippen molar-refractivity contribution in [2.75, 3.05) is 38.8 Å². The van der Waals surface area contributed by atoms with Gasteiger partial charge in [-0.25, -0.2) is 9.99 Å². The van der Waals surface area contributed by atoms with Crippen LogP contribution in [0.2, 0.25) is 0 Å². The molecule has 0 atom stereocenters. The molecule has 3 aromatic carbocycles. The number of benzene rings is 3. The number of rotatable bonds is 19. The Morgan fingerprint density at radius 2 is 1.36 bits per heavy atom. The predicted molar refractivity (Wildman–Crippen MR) is 240 cm³/mol. The third kappa shape index (κ3) is 10.8. The fraction of sp³-hybridized carbons (Fsp3) is 0.375. The highest BCUT2D eigenvalue weighted by Gasteiger charge is 2.41. The Balaban J connectivity index is 1.84. The Hall–Kier alpha value is -6.08. The zero-order valence-corrected chi connectivity index (χ0v) is 37.2. The molecule has 1 aromatic heterocycles. The molecule has 61 heavy (non-hydrogen) atoms. The summed E-state index contributed by atoms with van der Waals surface area (Å²) in [5.41, 5.74) is 2.67. The maximum absolute atomic E-state index is 15.3. The predicted octanol–water partition coefficient (Wildman–Crippen LogP) is 9.13. The summed E-state index contributed by atoms with van der Waals surface area (Å²) in [5.74, 6) is -2.21. The summed E-state index contributed by atoms with van der Waals surface area (Å²) in [5, 5.41) is 2.57. The van der Waals surface area contributed by atoms with Gasteiger partial charge in [-0.1, -0.05) is 106 Å². The van der Waals surface area contributed by atoms with Crippen LogP contribution in [0.5, 0.6) is 11.5 Å². The number of amides is 5. The third-order valence-corrected chi connectivity index (χ3v) is 11.5. The van der Waals surface area contributed by atoms with Crippen LogP contribution in [0.4, 0.5) is 5.13 Å². The van der Waals surface area contributed by atoms with E-state index in [-0.39, 0.29) is 23.3 Å². The van der Waals surface area contributed by atoms with Gasteiger partial charge >= 0.3 is 0 Å². The lowest BCUT2D eigenvalue weighted by Gasteiger charge is -2.38. The first-order chi connectivity index (χ1) is 29.5. The van der Waals surface area contributed by atoms with Gasteiger partial charge in [0.05, 0.1) is 43.4 Å². The lowest BCUT2D eigenvalue weighted by atomic mass is 9.89. The first kappa shape index (κ1) is 46.0. The Morgan fingerprint density at radius 3 is 1.90 bits per heavy atom. The summed E-state index contributed by atoms with van der Waals surface area (Å²) < 4.78 is 11.7. The summed E-state index contributed by atoms with van der Waals surface area (Å²) in [4.78, 5) is 80.7. The second-order valence-electron chi connectivity index (χ2n) is 14.8. The minimum absolute atomic E-state index is 0.0206. The minimum Gasteiger partial charge on any atom is -0.496 e. The molecule has 1 aliphatic heterocycles. The molecule has 4 aromatic rings. The standard InChI is InChI=1S/C48H57N5O7S/c1-8-11-25-37-38(30-42-44(43-40(59-6)26-20-27-41(43)60-7)49-48(61-42)50(28-12-9-2)29-13-10-3)47(58)52(53(34(5)55)45(56)36-23-18-15-19-24-36)32-39(37)46(57)51(33(4)54)31-35-21-16-14-17-22-35/h14-24,26-27,30H,8-13,25,28-29,31-32H2,1-7H3/b38-30-. The van der Waals surface area contributed by atoms with Crippen molar-refractivity contribution in [3.8, 4) is 22.8 Å². The number of aromatic nitrogens is 1. The number of hydrogen-bond acceptors (Lipinski definition) is 10. The van der Waals surface area contributed by atoms with Crippen LogP contribution in [0.15, 0.2) is 95.6 Å². The van der Waals surface area contributed by atoms with Crippen molar-refractivity contribution in [3.63, 3.8) is 0 Å². The van der Waals surface area contributed by atoms with Crippen LogP contribution in [0.25, 0.3) is 17.3 Å². The second-order valence-corrected chi connectivity index (χ2v) is 15.8. The summed E-state index contributed by atoms with van der Waals surface area (Å²) in [6.07, 6.45) is 7.24. The molecule has 0 fully saturated rings. The molecule has 0 N–H and O–H groups in total. The highest BCUT2D eigenvalue weighted by molar-refractivity contribution is 7.17. The lowest BCUT2D eigenvalue weighted by molar-refractivity contribution is -0.154. The Kier molecular flexibility index (Phi) is 16.6. The summed E-state index contributed by atoms with van der Waals surface area (Å²) in [6.45, 7) is 9.92. The molecule has 2 heterocycles. The lowest BCUT2D eigenvalue weighted by Crippen LogP contribution is -2.56. The van der Waals surface area contributed by atoms with Crippen molar-refractivity contribution >= 4 is 52.1 Å². The van der Waals surface area contributed by atoms with Crippen LogP contribution in [-0.4, -0.2) is 83.3 Å². The monoisotopic (exact) mass is 847 g/mol. The molecule has 0 unspecified atom stereocenters. The van der Waals surface area contributed by atoms with Gasteiger partial charge in [0.25, 0.3) is 17.7 Å². The van der Waals surface area contributed by atoms with Crippen molar-refractivity contribution in [2.24, 2.45) is 0 Å². The molecule has 0 spiro atoms. The number of unbranched alkanes of at least 4 members (excludes halogenated alkanes) is 3. The number of anilines is 1. The average Bonchev–Trinajstić information content (AvgIpc) is 3.69. The van der Waals surface area contributed by atoms with Crippen LogP contribution < -0.4 is 14.4 Å². The average molecular weight is 848 g/mol. The topological polar surface area (TPSA) is 130 Å². The quantitative estimate of drug-likeness (QED) is 0.0849. The zero-order valence-electron chi connectivity index (χ0n) is 36.4. The van der Waals surface area contributed by atoms with Gasteiger partial charge in [0.2, 0.25) is 11.8 Å². The maximum Gasteiger partial charge on any atom is 0.279 e. The van der Waals surface area contributed by atoms with Crippen molar-refractivity contribution in [1.29, 1.82) is 0 Å². The first-order valence-electron chi connectivity index (χ1n) is 21.0. The van der Waals surface area contributed by atoms with Gasteiger partial charge < -0.3 is 14.4 Å². The van der Waals surface area contributed by atoms with E-state index < -0.39 is 36.1 Å².